The zero-order chi connectivity index (χ0) is 16.8. The van der Waals surface area contributed by atoms with E-state index < -0.39 is 0 Å². The van der Waals surface area contributed by atoms with Crippen molar-refractivity contribution in [3.63, 3.8) is 0 Å². The molecule has 4 atom stereocenters. The molecule has 23 heavy (non-hydrogen) atoms. The van der Waals surface area contributed by atoms with Gasteiger partial charge in [0.25, 0.3) is 0 Å². The summed E-state index contributed by atoms with van der Waals surface area (Å²) in [6, 6.07) is 0. The average Bonchev–Trinajstić information content (AvgIpc) is 2.99. The molecular weight excluding hydrogens is 296 g/mol. The third-order valence-electron chi connectivity index (χ3n) is 4.77. The Labute approximate surface area is 137 Å². The number of esters is 2. The second-order valence-electron chi connectivity index (χ2n) is 6.55. The maximum atomic E-state index is 11.9. The van der Waals surface area contributed by atoms with E-state index in [0.717, 1.165) is 19.3 Å². The van der Waals surface area contributed by atoms with E-state index in [-0.39, 0.29) is 41.6 Å². The maximum Gasteiger partial charge on any atom is 0.306 e. The summed E-state index contributed by atoms with van der Waals surface area (Å²) in [7, 11) is 0. The molecule has 1 saturated carbocycles. The average molecular weight is 322 g/mol. The summed E-state index contributed by atoms with van der Waals surface area (Å²) in [6.45, 7) is 3.81. The summed E-state index contributed by atoms with van der Waals surface area (Å²) in [6.07, 6.45) is 8.17. The molecule has 5 nitrogen and oxygen atoms in total. The zero-order valence-corrected chi connectivity index (χ0v) is 14.0. The Morgan fingerprint density at radius 1 is 1.35 bits per heavy atom. The van der Waals surface area contributed by atoms with Crippen molar-refractivity contribution in [1.82, 2.24) is 0 Å². The zero-order valence-electron chi connectivity index (χ0n) is 14.0. The number of hydrogen-bond acceptors (Lipinski definition) is 5. The summed E-state index contributed by atoms with van der Waals surface area (Å²) >= 11 is 0. The Balaban J connectivity index is 1.96. The number of allylic oxidation sites excluding steroid dienone is 2. The van der Waals surface area contributed by atoms with E-state index in [1.165, 1.54) is 6.92 Å². The minimum Gasteiger partial charge on any atom is -0.466 e. The molecule has 2 aliphatic rings. The molecule has 0 amide bonds. The number of carbonyl (C=O) groups excluding carboxylic acids is 3. The summed E-state index contributed by atoms with van der Waals surface area (Å²) in [4.78, 5) is 34.5. The van der Waals surface area contributed by atoms with Crippen LogP contribution in [0.2, 0.25) is 0 Å². The number of rotatable bonds is 8. The van der Waals surface area contributed by atoms with Gasteiger partial charge in [-0.05, 0) is 24.8 Å². The third kappa shape index (κ3) is 4.91. The smallest absolute Gasteiger partial charge is 0.306 e. The lowest BCUT2D eigenvalue weighted by Crippen LogP contribution is -2.20. The monoisotopic (exact) mass is 322 g/mol. The molecule has 1 saturated heterocycles. The predicted octanol–water partition coefficient (Wildman–Crippen LogP) is 2.82. The van der Waals surface area contributed by atoms with Gasteiger partial charge in [0.2, 0.25) is 0 Å². The molecule has 128 valence electrons. The highest BCUT2D eigenvalue weighted by Gasteiger charge is 2.49. The maximum absolute atomic E-state index is 11.9. The van der Waals surface area contributed by atoms with Crippen LogP contribution in [0.25, 0.3) is 0 Å². The Morgan fingerprint density at radius 3 is 2.83 bits per heavy atom. The van der Waals surface area contributed by atoms with Gasteiger partial charge >= 0.3 is 11.9 Å². The van der Waals surface area contributed by atoms with E-state index >= 15 is 0 Å². The Hall–Kier alpha value is -1.65. The fourth-order valence-corrected chi connectivity index (χ4v) is 3.59. The van der Waals surface area contributed by atoms with E-state index in [9.17, 15) is 14.4 Å². The molecule has 0 unspecified atom stereocenters. The van der Waals surface area contributed by atoms with Gasteiger partial charge in [-0.25, -0.2) is 0 Å². The van der Waals surface area contributed by atoms with Crippen LogP contribution in [0.15, 0.2) is 12.2 Å². The van der Waals surface area contributed by atoms with Crippen molar-refractivity contribution in [2.24, 2.45) is 17.8 Å². The number of ether oxygens (including phenoxy) is 2. The van der Waals surface area contributed by atoms with Crippen LogP contribution in [0.4, 0.5) is 0 Å². The van der Waals surface area contributed by atoms with Gasteiger partial charge in [0.1, 0.15) is 6.10 Å². The number of fused-ring (bicyclic) bond motifs is 1. The van der Waals surface area contributed by atoms with Crippen LogP contribution in [-0.2, 0) is 23.9 Å². The molecule has 0 aromatic rings. The lowest BCUT2D eigenvalue weighted by atomic mass is 9.87. The SMILES string of the molecule is CCCCCC(=O)C=C[C@H]1[C@H](COC(C)=O)C[C@@H]2OC(=O)C[C@H]12. The van der Waals surface area contributed by atoms with E-state index in [2.05, 4.69) is 6.92 Å². The minimum absolute atomic E-state index is 0.0564. The van der Waals surface area contributed by atoms with Crippen molar-refractivity contribution >= 4 is 17.7 Å². The summed E-state index contributed by atoms with van der Waals surface area (Å²) in [5, 5.41) is 0. The fraction of sp³-hybridized carbons (Fsp3) is 0.722. The highest BCUT2D eigenvalue weighted by molar-refractivity contribution is 5.89. The summed E-state index contributed by atoms with van der Waals surface area (Å²) < 4.78 is 10.5. The first-order chi connectivity index (χ1) is 11.0. The van der Waals surface area contributed by atoms with E-state index in [1.54, 1.807) is 6.08 Å². The Morgan fingerprint density at radius 2 is 2.13 bits per heavy atom. The van der Waals surface area contributed by atoms with Gasteiger partial charge in [-0.15, -0.1) is 0 Å². The molecule has 1 aliphatic heterocycles. The van der Waals surface area contributed by atoms with Crippen LogP contribution < -0.4 is 0 Å². The molecule has 5 heteroatoms. The Bertz CT molecular complexity index is 482. The highest BCUT2D eigenvalue weighted by atomic mass is 16.6. The van der Waals surface area contributed by atoms with Gasteiger partial charge in [-0.2, -0.15) is 0 Å². The molecule has 0 N–H and O–H groups in total. The second-order valence-corrected chi connectivity index (χ2v) is 6.55. The molecular formula is C18H26O5. The number of ketones is 1. The van der Waals surface area contributed by atoms with Crippen molar-refractivity contribution in [2.45, 2.75) is 58.5 Å². The Kier molecular flexibility index (Phi) is 6.37. The minimum atomic E-state index is -0.308. The van der Waals surface area contributed by atoms with Gasteiger partial charge in [0.05, 0.1) is 13.0 Å². The first-order valence-electron chi connectivity index (χ1n) is 8.55. The van der Waals surface area contributed by atoms with Crippen molar-refractivity contribution < 1.29 is 23.9 Å². The molecule has 2 rings (SSSR count). The van der Waals surface area contributed by atoms with Gasteiger partial charge in [-0.1, -0.05) is 25.8 Å². The fourth-order valence-electron chi connectivity index (χ4n) is 3.59. The summed E-state index contributed by atoms with van der Waals surface area (Å²) in [5.41, 5.74) is 0. The molecule has 0 aromatic heterocycles. The van der Waals surface area contributed by atoms with Gasteiger partial charge in [-0.3, -0.25) is 14.4 Å². The van der Waals surface area contributed by atoms with Crippen LogP contribution in [0, 0.1) is 17.8 Å². The van der Waals surface area contributed by atoms with Crippen LogP contribution in [0.3, 0.4) is 0 Å². The largest absolute Gasteiger partial charge is 0.466 e. The standard InChI is InChI=1S/C18H26O5/c1-3-4-5-6-14(20)7-8-15-13(11-22-12(2)19)9-17-16(15)10-18(21)23-17/h7-8,13,15-17H,3-6,9-11H2,1-2H3/t13-,15-,16+,17-/m0/s1. The first kappa shape index (κ1) is 17.7. The van der Waals surface area contributed by atoms with Crippen LogP contribution in [0.5, 0.6) is 0 Å². The molecule has 0 spiro atoms. The lowest BCUT2D eigenvalue weighted by molar-refractivity contribution is -0.145. The van der Waals surface area contributed by atoms with Crippen LogP contribution in [-0.4, -0.2) is 30.4 Å². The van der Waals surface area contributed by atoms with Crippen LogP contribution >= 0.6 is 0 Å². The summed E-state index contributed by atoms with van der Waals surface area (Å²) in [5.74, 6) is -0.0835. The topological polar surface area (TPSA) is 69.7 Å². The molecule has 0 bridgehead atoms. The highest BCUT2D eigenvalue weighted by Crippen LogP contribution is 2.45. The second kappa shape index (κ2) is 8.27. The van der Waals surface area contributed by atoms with Crippen molar-refractivity contribution in [3.8, 4) is 0 Å². The van der Waals surface area contributed by atoms with E-state index in [1.807, 2.05) is 6.08 Å². The normalized spacial score (nSPS) is 29.6. The number of carbonyl (C=O) groups is 3. The quantitative estimate of drug-likeness (QED) is 0.390. The van der Waals surface area contributed by atoms with Gasteiger partial charge in [0, 0.05) is 25.2 Å². The lowest BCUT2D eigenvalue weighted by Gasteiger charge is -2.19. The van der Waals surface area contributed by atoms with Crippen molar-refractivity contribution in [1.29, 1.82) is 0 Å². The number of hydrogen-bond donors (Lipinski definition) is 0. The van der Waals surface area contributed by atoms with Gasteiger partial charge < -0.3 is 9.47 Å². The van der Waals surface area contributed by atoms with Gasteiger partial charge in [0.15, 0.2) is 5.78 Å². The predicted molar refractivity (Wildman–Crippen MR) is 84.5 cm³/mol. The number of unbranched alkanes of at least 4 members (excludes halogenated alkanes) is 2. The molecule has 0 aromatic carbocycles. The molecule has 2 fully saturated rings. The van der Waals surface area contributed by atoms with Crippen molar-refractivity contribution in [2.75, 3.05) is 6.61 Å². The molecule has 1 aliphatic carbocycles. The first-order valence-corrected chi connectivity index (χ1v) is 8.55. The molecule has 0 radical (unpaired) electrons. The van der Waals surface area contributed by atoms with Crippen molar-refractivity contribution in [3.05, 3.63) is 12.2 Å². The third-order valence-corrected chi connectivity index (χ3v) is 4.77. The molecule has 1 heterocycles. The van der Waals surface area contributed by atoms with E-state index in [0.29, 0.717) is 25.9 Å². The van der Waals surface area contributed by atoms with Crippen LogP contribution in [0.1, 0.15) is 52.4 Å². The van der Waals surface area contributed by atoms with E-state index in [4.69, 9.17) is 9.47 Å².